The predicted octanol–water partition coefficient (Wildman–Crippen LogP) is 0.156. The van der Waals surface area contributed by atoms with Gasteiger partial charge in [0.05, 0.1) is 5.69 Å². The fourth-order valence-corrected chi connectivity index (χ4v) is 2.03. The molecular formula is C11H18N4O. The van der Waals surface area contributed by atoms with Crippen LogP contribution in [0.2, 0.25) is 0 Å². The number of hydrogen-bond donors (Lipinski definition) is 1. The van der Waals surface area contributed by atoms with Gasteiger partial charge in [0, 0.05) is 25.7 Å². The highest BCUT2D eigenvalue weighted by molar-refractivity contribution is 5.93. The van der Waals surface area contributed by atoms with Crippen LogP contribution in [0.25, 0.3) is 0 Å². The van der Waals surface area contributed by atoms with Gasteiger partial charge in [-0.05, 0) is 19.4 Å². The van der Waals surface area contributed by atoms with Gasteiger partial charge in [0.1, 0.15) is 5.69 Å². The summed E-state index contributed by atoms with van der Waals surface area (Å²) in [4.78, 5) is 13.8. The smallest absolute Gasteiger partial charge is 0.272 e. The van der Waals surface area contributed by atoms with Crippen LogP contribution < -0.4 is 5.73 Å². The molecule has 1 amide bonds. The van der Waals surface area contributed by atoms with Gasteiger partial charge in [0.2, 0.25) is 0 Å². The molecule has 1 aliphatic rings. The average molecular weight is 222 g/mol. The topological polar surface area (TPSA) is 64.2 Å². The lowest BCUT2D eigenvalue weighted by Crippen LogP contribution is -2.66. The second kappa shape index (κ2) is 3.59. The van der Waals surface area contributed by atoms with E-state index in [1.165, 1.54) is 0 Å². The maximum atomic E-state index is 12.1. The molecule has 0 atom stereocenters. The molecule has 2 N–H and O–H groups in total. The summed E-state index contributed by atoms with van der Waals surface area (Å²) in [6.07, 6.45) is 0.843. The number of amides is 1. The molecule has 16 heavy (non-hydrogen) atoms. The number of likely N-dealkylation sites (tertiary alicyclic amines) is 1. The molecule has 2 heterocycles. The van der Waals surface area contributed by atoms with Crippen LogP contribution >= 0.6 is 0 Å². The first-order chi connectivity index (χ1) is 7.43. The van der Waals surface area contributed by atoms with Crippen LogP contribution in [-0.2, 0) is 13.5 Å². The van der Waals surface area contributed by atoms with Crippen molar-refractivity contribution in [1.82, 2.24) is 14.7 Å². The number of rotatable bonds is 2. The van der Waals surface area contributed by atoms with E-state index < -0.39 is 0 Å². The van der Waals surface area contributed by atoms with E-state index in [0.717, 1.165) is 12.1 Å². The summed E-state index contributed by atoms with van der Waals surface area (Å²) in [7, 11) is 1.80. The lowest BCUT2D eigenvalue weighted by atomic mass is 9.93. The summed E-state index contributed by atoms with van der Waals surface area (Å²) in [6, 6.07) is 1.86. The van der Waals surface area contributed by atoms with Crippen molar-refractivity contribution in [3.63, 3.8) is 0 Å². The zero-order valence-corrected chi connectivity index (χ0v) is 10.0. The van der Waals surface area contributed by atoms with Crippen molar-refractivity contribution in [2.75, 3.05) is 13.1 Å². The molecule has 1 aliphatic heterocycles. The fourth-order valence-electron chi connectivity index (χ4n) is 2.03. The van der Waals surface area contributed by atoms with Crippen molar-refractivity contribution >= 4 is 5.91 Å². The summed E-state index contributed by atoms with van der Waals surface area (Å²) < 4.78 is 1.65. The SMILES string of the molecule is CCc1cc(C(=O)N2CC(C)(N)C2)n(C)n1. The summed E-state index contributed by atoms with van der Waals surface area (Å²) in [5, 5.41) is 4.27. The molecule has 5 nitrogen and oxygen atoms in total. The Labute approximate surface area is 95.2 Å². The Kier molecular flexibility index (Phi) is 2.50. The minimum atomic E-state index is -0.220. The van der Waals surface area contributed by atoms with E-state index in [-0.39, 0.29) is 11.4 Å². The Balaban J connectivity index is 2.13. The molecule has 0 saturated carbocycles. The lowest BCUT2D eigenvalue weighted by molar-refractivity contribution is 0.0442. The minimum Gasteiger partial charge on any atom is -0.334 e. The van der Waals surface area contributed by atoms with Crippen molar-refractivity contribution in [3.8, 4) is 0 Å². The number of aryl methyl sites for hydroxylation is 2. The summed E-state index contributed by atoms with van der Waals surface area (Å²) >= 11 is 0. The van der Waals surface area contributed by atoms with Crippen molar-refractivity contribution < 1.29 is 4.79 Å². The Bertz CT molecular complexity index is 414. The number of nitrogens with zero attached hydrogens (tertiary/aromatic N) is 3. The maximum absolute atomic E-state index is 12.1. The highest BCUT2D eigenvalue weighted by atomic mass is 16.2. The summed E-state index contributed by atoms with van der Waals surface area (Å²) in [5.74, 6) is 0.0256. The molecular weight excluding hydrogens is 204 g/mol. The van der Waals surface area contributed by atoms with E-state index in [2.05, 4.69) is 5.10 Å². The first-order valence-corrected chi connectivity index (χ1v) is 5.54. The fraction of sp³-hybridized carbons (Fsp3) is 0.636. The zero-order valence-electron chi connectivity index (χ0n) is 10.0. The Hall–Kier alpha value is -1.36. The monoisotopic (exact) mass is 222 g/mol. The third-order valence-corrected chi connectivity index (χ3v) is 2.90. The number of aromatic nitrogens is 2. The summed E-state index contributed by atoms with van der Waals surface area (Å²) in [5.41, 5.74) is 7.25. The predicted molar refractivity (Wildman–Crippen MR) is 61.1 cm³/mol. The van der Waals surface area contributed by atoms with Gasteiger partial charge in [0.15, 0.2) is 0 Å². The normalized spacial score (nSPS) is 18.4. The molecule has 0 radical (unpaired) electrons. The lowest BCUT2D eigenvalue weighted by Gasteiger charge is -2.45. The molecule has 1 fully saturated rings. The third-order valence-electron chi connectivity index (χ3n) is 2.90. The largest absolute Gasteiger partial charge is 0.334 e. The van der Waals surface area contributed by atoms with Crippen LogP contribution in [-0.4, -0.2) is 39.2 Å². The van der Waals surface area contributed by atoms with Gasteiger partial charge in [-0.3, -0.25) is 9.48 Å². The Morgan fingerprint density at radius 3 is 2.69 bits per heavy atom. The molecule has 0 unspecified atom stereocenters. The van der Waals surface area contributed by atoms with Crippen LogP contribution in [0.5, 0.6) is 0 Å². The molecule has 0 spiro atoms. The quantitative estimate of drug-likeness (QED) is 0.775. The van der Waals surface area contributed by atoms with Gasteiger partial charge >= 0.3 is 0 Å². The molecule has 0 bridgehead atoms. The summed E-state index contributed by atoms with van der Waals surface area (Å²) in [6.45, 7) is 5.23. The molecule has 88 valence electrons. The van der Waals surface area contributed by atoms with Gasteiger partial charge in [-0.2, -0.15) is 5.10 Å². The highest BCUT2D eigenvalue weighted by Crippen LogP contribution is 2.20. The maximum Gasteiger partial charge on any atom is 0.272 e. The molecule has 5 heteroatoms. The van der Waals surface area contributed by atoms with E-state index in [4.69, 9.17) is 5.73 Å². The van der Waals surface area contributed by atoms with Gasteiger partial charge < -0.3 is 10.6 Å². The van der Waals surface area contributed by atoms with E-state index >= 15 is 0 Å². The van der Waals surface area contributed by atoms with Gasteiger partial charge in [-0.25, -0.2) is 0 Å². The van der Waals surface area contributed by atoms with Crippen molar-refractivity contribution in [1.29, 1.82) is 0 Å². The molecule has 0 aliphatic carbocycles. The second-order valence-corrected chi connectivity index (χ2v) is 4.81. The number of carbonyl (C=O) groups excluding carboxylic acids is 1. The van der Waals surface area contributed by atoms with E-state index in [0.29, 0.717) is 18.8 Å². The number of hydrogen-bond acceptors (Lipinski definition) is 3. The first-order valence-electron chi connectivity index (χ1n) is 5.54. The zero-order chi connectivity index (χ0) is 11.9. The molecule has 1 aromatic heterocycles. The number of nitrogens with two attached hydrogens (primary N) is 1. The standard InChI is InChI=1S/C11H18N4O/c1-4-8-5-9(14(3)13-8)10(16)15-6-11(2,12)7-15/h5H,4,6-7,12H2,1-3H3. The van der Waals surface area contributed by atoms with E-state index in [1.807, 2.05) is 19.9 Å². The molecule has 1 saturated heterocycles. The van der Waals surface area contributed by atoms with Gasteiger partial charge in [-0.1, -0.05) is 6.92 Å². The Morgan fingerprint density at radius 2 is 2.25 bits per heavy atom. The highest BCUT2D eigenvalue weighted by Gasteiger charge is 2.38. The van der Waals surface area contributed by atoms with Crippen molar-refractivity contribution in [2.24, 2.45) is 12.8 Å². The van der Waals surface area contributed by atoms with Gasteiger partial charge in [0.25, 0.3) is 5.91 Å². The average Bonchev–Trinajstić information content (AvgIpc) is 2.55. The number of carbonyl (C=O) groups is 1. The first kappa shape index (κ1) is 11.1. The van der Waals surface area contributed by atoms with Crippen LogP contribution in [0.4, 0.5) is 0 Å². The third kappa shape index (κ3) is 1.82. The Morgan fingerprint density at radius 1 is 1.62 bits per heavy atom. The minimum absolute atomic E-state index is 0.0256. The van der Waals surface area contributed by atoms with Crippen LogP contribution in [0.1, 0.15) is 30.0 Å². The van der Waals surface area contributed by atoms with Crippen LogP contribution in [0, 0.1) is 0 Å². The second-order valence-electron chi connectivity index (χ2n) is 4.81. The molecule has 1 aromatic rings. The molecule has 0 aromatic carbocycles. The van der Waals surface area contributed by atoms with Gasteiger partial charge in [-0.15, -0.1) is 0 Å². The van der Waals surface area contributed by atoms with Crippen LogP contribution in [0.15, 0.2) is 6.07 Å². The van der Waals surface area contributed by atoms with Crippen LogP contribution in [0.3, 0.4) is 0 Å². The van der Waals surface area contributed by atoms with E-state index in [9.17, 15) is 4.79 Å². The van der Waals surface area contributed by atoms with Crippen molar-refractivity contribution in [2.45, 2.75) is 25.8 Å². The van der Waals surface area contributed by atoms with Crippen molar-refractivity contribution in [3.05, 3.63) is 17.5 Å². The molecule has 2 rings (SSSR count). The van der Waals surface area contributed by atoms with E-state index in [1.54, 1.807) is 16.6 Å².